The van der Waals surface area contributed by atoms with Crippen LogP contribution in [0.2, 0.25) is 0 Å². The molecule has 16 heavy (non-hydrogen) atoms. The van der Waals surface area contributed by atoms with Gasteiger partial charge in [0.25, 0.3) is 0 Å². The van der Waals surface area contributed by atoms with Crippen LogP contribution >= 0.6 is 11.8 Å². The summed E-state index contributed by atoms with van der Waals surface area (Å²) in [5, 5.41) is 0.750. The number of nitrogens with two attached hydrogens (primary N) is 1. The molecular weight excluding hydrogens is 220 g/mol. The fourth-order valence-electron chi connectivity index (χ4n) is 1.99. The third kappa shape index (κ3) is 2.40. The molecule has 2 heterocycles. The van der Waals surface area contributed by atoms with Crippen LogP contribution < -0.4 is 10.6 Å². The van der Waals surface area contributed by atoms with Crippen LogP contribution in [0.15, 0.2) is 11.2 Å². The Kier molecular flexibility index (Phi) is 2.97. The van der Waals surface area contributed by atoms with Gasteiger partial charge in [-0.15, -0.1) is 0 Å². The van der Waals surface area contributed by atoms with Crippen molar-refractivity contribution in [3.05, 3.63) is 6.07 Å². The minimum atomic E-state index is 0.374. The zero-order valence-electron chi connectivity index (χ0n) is 10.0. The highest BCUT2D eigenvalue weighted by Crippen LogP contribution is 2.32. The maximum atomic E-state index is 5.78. The summed E-state index contributed by atoms with van der Waals surface area (Å²) >= 11 is 1.53. The molecule has 0 aliphatic carbocycles. The molecule has 1 aliphatic heterocycles. The SMILES string of the molecule is CSc1nc(N)cc(N2CCC(C)(C)C2)n1. The summed E-state index contributed by atoms with van der Waals surface area (Å²) in [5.74, 6) is 1.52. The maximum absolute atomic E-state index is 5.78. The van der Waals surface area contributed by atoms with Crippen LogP contribution in [0.1, 0.15) is 20.3 Å². The van der Waals surface area contributed by atoms with Gasteiger partial charge < -0.3 is 10.6 Å². The monoisotopic (exact) mass is 238 g/mol. The van der Waals surface area contributed by atoms with Crippen molar-refractivity contribution in [3.8, 4) is 0 Å². The average molecular weight is 238 g/mol. The first-order valence-electron chi connectivity index (χ1n) is 5.44. The Morgan fingerprint density at radius 3 is 2.75 bits per heavy atom. The molecule has 2 rings (SSSR count). The lowest BCUT2D eigenvalue weighted by atomic mass is 9.93. The summed E-state index contributed by atoms with van der Waals surface area (Å²) < 4.78 is 0. The predicted molar refractivity (Wildman–Crippen MR) is 68.8 cm³/mol. The summed E-state index contributed by atoms with van der Waals surface area (Å²) in [6.07, 6.45) is 3.16. The van der Waals surface area contributed by atoms with Gasteiger partial charge in [0, 0.05) is 19.2 Å². The van der Waals surface area contributed by atoms with Crippen molar-refractivity contribution in [2.24, 2.45) is 5.41 Å². The Morgan fingerprint density at radius 2 is 2.19 bits per heavy atom. The van der Waals surface area contributed by atoms with Crippen LogP contribution in [0.5, 0.6) is 0 Å². The van der Waals surface area contributed by atoms with Gasteiger partial charge in [0.2, 0.25) is 0 Å². The molecule has 0 spiro atoms. The van der Waals surface area contributed by atoms with Crippen molar-refractivity contribution in [2.45, 2.75) is 25.4 Å². The molecule has 2 N–H and O–H groups in total. The highest BCUT2D eigenvalue weighted by Gasteiger charge is 2.30. The van der Waals surface area contributed by atoms with E-state index in [0.29, 0.717) is 11.2 Å². The lowest BCUT2D eigenvalue weighted by Gasteiger charge is -2.21. The van der Waals surface area contributed by atoms with Crippen molar-refractivity contribution in [3.63, 3.8) is 0 Å². The molecule has 1 aliphatic rings. The van der Waals surface area contributed by atoms with Crippen LogP contribution in [0.25, 0.3) is 0 Å². The van der Waals surface area contributed by atoms with E-state index in [0.717, 1.165) is 24.1 Å². The molecule has 88 valence electrons. The Hall–Kier alpha value is -0.970. The zero-order valence-corrected chi connectivity index (χ0v) is 10.8. The van der Waals surface area contributed by atoms with Crippen molar-refractivity contribution in [1.29, 1.82) is 0 Å². The van der Waals surface area contributed by atoms with Crippen molar-refractivity contribution < 1.29 is 0 Å². The molecule has 0 amide bonds. The molecule has 1 saturated heterocycles. The molecule has 1 aromatic rings. The van der Waals surface area contributed by atoms with Crippen LogP contribution in [-0.4, -0.2) is 29.3 Å². The molecule has 0 aromatic carbocycles. The minimum absolute atomic E-state index is 0.374. The van der Waals surface area contributed by atoms with Gasteiger partial charge in [0.15, 0.2) is 5.16 Å². The molecule has 4 nitrogen and oxygen atoms in total. The average Bonchev–Trinajstić information content (AvgIpc) is 2.58. The van der Waals surface area contributed by atoms with Gasteiger partial charge in [-0.25, -0.2) is 9.97 Å². The van der Waals surface area contributed by atoms with Crippen LogP contribution in [0.4, 0.5) is 11.6 Å². The first-order chi connectivity index (χ1) is 7.50. The summed E-state index contributed by atoms with van der Waals surface area (Å²) in [5.41, 5.74) is 6.15. The van der Waals surface area contributed by atoms with E-state index in [1.165, 1.54) is 18.2 Å². The smallest absolute Gasteiger partial charge is 0.191 e. The van der Waals surface area contributed by atoms with E-state index in [1.807, 2.05) is 12.3 Å². The molecular formula is C11H18N4S. The van der Waals surface area contributed by atoms with Crippen LogP contribution in [-0.2, 0) is 0 Å². The molecule has 0 bridgehead atoms. The van der Waals surface area contributed by atoms with E-state index in [1.54, 1.807) is 0 Å². The van der Waals surface area contributed by atoms with E-state index >= 15 is 0 Å². The first-order valence-corrected chi connectivity index (χ1v) is 6.66. The Balaban J connectivity index is 2.24. The fourth-order valence-corrected chi connectivity index (χ4v) is 2.37. The number of nitrogen functional groups attached to an aromatic ring is 1. The first kappa shape index (κ1) is 11.5. The number of hydrogen-bond donors (Lipinski definition) is 1. The van der Waals surface area contributed by atoms with E-state index in [9.17, 15) is 0 Å². The number of hydrogen-bond acceptors (Lipinski definition) is 5. The van der Waals surface area contributed by atoms with E-state index in [4.69, 9.17) is 5.73 Å². The van der Waals surface area contributed by atoms with Gasteiger partial charge >= 0.3 is 0 Å². The number of rotatable bonds is 2. The molecule has 0 unspecified atom stereocenters. The second-order valence-electron chi connectivity index (χ2n) is 4.97. The van der Waals surface area contributed by atoms with Gasteiger partial charge in [0.1, 0.15) is 11.6 Å². The standard InChI is InChI=1S/C11H18N4S/c1-11(2)4-5-15(7-11)9-6-8(12)13-10(14-9)16-3/h6H,4-5,7H2,1-3H3,(H2,12,13,14). The molecule has 0 radical (unpaired) electrons. The normalized spacial score (nSPS) is 19.1. The van der Waals surface area contributed by atoms with Crippen LogP contribution in [0.3, 0.4) is 0 Å². The topological polar surface area (TPSA) is 55.0 Å². The largest absolute Gasteiger partial charge is 0.383 e. The third-order valence-corrected chi connectivity index (χ3v) is 3.44. The summed E-state index contributed by atoms with van der Waals surface area (Å²) in [6, 6.07) is 1.86. The maximum Gasteiger partial charge on any atom is 0.191 e. The van der Waals surface area contributed by atoms with E-state index < -0.39 is 0 Å². The van der Waals surface area contributed by atoms with Crippen molar-refractivity contribution >= 4 is 23.4 Å². The Morgan fingerprint density at radius 1 is 1.44 bits per heavy atom. The summed E-state index contributed by atoms with van der Waals surface area (Å²) in [7, 11) is 0. The molecule has 1 fully saturated rings. The van der Waals surface area contributed by atoms with Crippen molar-refractivity contribution in [1.82, 2.24) is 9.97 Å². The predicted octanol–water partition coefficient (Wildman–Crippen LogP) is 2.02. The van der Waals surface area contributed by atoms with Gasteiger partial charge in [-0.3, -0.25) is 0 Å². The number of thioether (sulfide) groups is 1. The minimum Gasteiger partial charge on any atom is -0.383 e. The fraction of sp³-hybridized carbons (Fsp3) is 0.636. The van der Waals surface area contributed by atoms with E-state index in [2.05, 4.69) is 28.7 Å². The second-order valence-corrected chi connectivity index (χ2v) is 5.75. The van der Waals surface area contributed by atoms with Crippen molar-refractivity contribution in [2.75, 3.05) is 30.0 Å². The van der Waals surface area contributed by atoms with Gasteiger partial charge in [-0.2, -0.15) is 0 Å². The molecule has 1 aromatic heterocycles. The van der Waals surface area contributed by atoms with Gasteiger partial charge in [0.05, 0.1) is 0 Å². The van der Waals surface area contributed by atoms with Gasteiger partial charge in [-0.05, 0) is 18.1 Å². The molecule has 0 atom stereocenters. The summed E-state index contributed by atoms with van der Waals surface area (Å²) in [6.45, 7) is 6.66. The molecule has 5 heteroatoms. The lowest BCUT2D eigenvalue weighted by molar-refractivity contribution is 0.418. The highest BCUT2D eigenvalue weighted by molar-refractivity contribution is 7.98. The Bertz CT molecular complexity index is 392. The van der Waals surface area contributed by atoms with E-state index in [-0.39, 0.29) is 0 Å². The van der Waals surface area contributed by atoms with Crippen LogP contribution in [0, 0.1) is 5.41 Å². The third-order valence-electron chi connectivity index (χ3n) is 2.90. The number of nitrogens with zero attached hydrogens (tertiary/aromatic N) is 3. The zero-order chi connectivity index (χ0) is 11.8. The second kappa shape index (κ2) is 4.13. The molecule has 0 saturated carbocycles. The number of aromatic nitrogens is 2. The highest BCUT2D eigenvalue weighted by atomic mass is 32.2. The number of anilines is 2. The summed E-state index contributed by atoms with van der Waals surface area (Å²) in [4.78, 5) is 10.9. The quantitative estimate of drug-likeness (QED) is 0.631. The van der Waals surface area contributed by atoms with Gasteiger partial charge in [-0.1, -0.05) is 25.6 Å². The lowest BCUT2D eigenvalue weighted by Crippen LogP contribution is -2.24. The Labute approximate surface area is 101 Å².